The van der Waals surface area contributed by atoms with Crippen LogP contribution in [0.4, 0.5) is 0 Å². The fraction of sp³-hybridized carbons (Fsp3) is 0.462. The minimum atomic E-state index is -3.88. The number of rotatable bonds is 2. The molecule has 7 heteroatoms. The molecule has 1 amide bonds. The number of carbonyl (C=O) groups is 1. The zero-order valence-corrected chi connectivity index (χ0v) is 12.8. The molecule has 1 saturated heterocycles. The smallest absolute Gasteiger partial charge is 0.254 e. The number of primary sulfonamides is 1. The van der Waals surface area contributed by atoms with Crippen LogP contribution in [0.1, 0.15) is 35.2 Å². The lowest BCUT2D eigenvalue weighted by molar-refractivity contribution is 0.0723. The molecule has 1 aliphatic heterocycles. The van der Waals surface area contributed by atoms with Gasteiger partial charge in [-0.1, -0.05) is 11.6 Å². The molecule has 0 spiro atoms. The highest BCUT2D eigenvalue weighted by molar-refractivity contribution is 7.89. The fourth-order valence-electron chi connectivity index (χ4n) is 2.31. The van der Waals surface area contributed by atoms with Crippen molar-refractivity contribution in [3.05, 3.63) is 28.3 Å². The predicted molar refractivity (Wildman–Crippen MR) is 77.3 cm³/mol. The topological polar surface area (TPSA) is 80.5 Å². The van der Waals surface area contributed by atoms with E-state index in [9.17, 15) is 13.2 Å². The fourth-order valence-corrected chi connectivity index (χ4v) is 3.16. The molecule has 1 aromatic rings. The molecule has 0 aliphatic carbocycles. The molecule has 1 heterocycles. The minimum absolute atomic E-state index is 0.131. The second kappa shape index (κ2) is 5.71. The van der Waals surface area contributed by atoms with Crippen LogP contribution in [0.3, 0.4) is 0 Å². The van der Waals surface area contributed by atoms with Crippen molar-refractivity contribution in [2.45, 2.75) is 31.1 Å². The normalized spacial score (nSPS) is 16.2. The third-order valence-electron chi connectivity index (χ3n) is 3.52. The number of likely N-dealkylation sites (tertiary alicyclic amines) is 1. The van der Waals surface area contributed by atoms with E-state index in [1.54, 1.807) is 11.8 Å². The molecule has 0 aromatic heterocycles. The number of halogens is 1. The van der Waals surface area contributed by atoms with Crippen LogP contribution in [0.15, 0.2) is 17.0 Å². The summed E-state index contributed by atoms with van der Waals surface area (Å²) in [5.41, 5.74) is 0.887. The Hall–Kier alpha value is -1.11. The summed E-state index contributed by atoms with van der Waals surface area (Å²) in [6.45, 7) is 3.08. The summed E-state index contributed by atoms with van der Waals surface area (Å²) in [5.74, 6) is -0.186. The Labute approximate surface area is 123 Å². The van der Waals surface area contributed by atoms with Crippen LogP contribution < -0.4 is 5.14 Å². The van der Waals surface area contributed by atoms with E-state index in [1.165, 1.54) is 12.1 Å². The van der Waals surface area contributed by atoms with Gasteiger partial charge in [0.05, 0.1) is 4.90 Å². The molecule has 5 nitrogen and oxygen atoms in total. The second-order valence-corrected chi connectivity index (χ2v) is 6.94. The van der Waals surface area contributed by atoms with Crippen molar-refractivity contribution in [3.63, 3.8) is 0 Å². The summed E-state index contributed by atoms with van der Waals surface area (Å²) in [5, 5.41) is 5.35. The molecule has 0 radical (unpaired) electrons. The number of piperidine rings is 1. The largest absolute Gasteiger partial charge is 0.339 e. The van der Waals surface area contributed by atoms with E-state index in [0.717, 1.165) is 19.3 Å². The summed E-state index contributed by atoms with van der Waals surface area (Å²) < 4.78 is 22.9. The lowest BCUT2D eigenvalue weighted by atomic mass is 10.1. The quantitative estimate of drug-likeness (QED) is 0.905. The van der Waals surface area contributed by atoms with Gasteiger partial charge in [-0.15, -0.1) is 0 Å². The van der Waals surface area contributed by atoms with Gasteiger partial charge in [-0.3, -0.25) is 4.79 Å². The zero-order chi connectivity index (χ0) is 14.9. The lowest BCUT2D eigenvalue weighted by Crippen LogP contribution is -2.36. The number of sulfonamides is 1. The monoisotopic (exact) mass is 316 g/mol. The van der Waals surface area contributed by atoms with Gasteiger partial charge in [-0.25, -0.2) is 13.6 Å². The van der Waals surface area contributed by atoms with Crippen LogP contribution in [-0.4, -0.2) is 32.3 Å². The van der Waals surface area contributed by atoms with Crippen LogP contribution in [0.2, 0.25) is 5.02 Å². The van der Waals surface area contributed by atoms with Crippen molar-refractivity contribution >= 4 is 27.5 Å². The van der Waals surface area contributed by atoms with Crippen molar-refractivity contribution < 1.29 is 13.2 Å². The van der Waals surface area contributed by atoms with E-state index in [2.05, 4.69) is 0 Å². The van der Waals surface area contributed by atoms with Crippen molar-refractivity contribution in [2.75, 3.05) is 13.1 Å². The molecule has 110 valence electrons. The van der Waals surface area contributed by atoms with E-state index >= 15 is 0 Å². The van der Waals surface area contributed by atoms with E-state index in [1.807, 2.05) is 0 Å². The molecular weight excluding hydrogens is 300 g/mol. The Bertz CT molecular complexity index is 637. The average Bonchev–Trinajstić information content (AvgIpc) is 2.40. The first-order valence-electron chi connectivity index (χ1n) is 6.43. The van der Waals surface area contributed by atoms with Crippen molar-refractivity contribution in [2.24, 2.45) is 5.14 Å². The van der Waals surface area contributed by atoms with Gasteiger partial charge in [0.15, 0.2) is 0 Å². The first-order chi connectivity index (χ1) is 9.30. The van der Waals surface area contributed by atoms with Crippen molar-refractivity contribution in [1.29, 1.82) is 0 Å². The average molecular weight is 317 g/mol. The van der Waals surface area contributed by atoms with Crippen molar-refractivity contribution in [3.8, 4) is 0 Å². The third kappa shape index (κ3) is 3.13. The van der Waals surface area contributed by atoms with Gasteiger partial charge < -0.3 is 4.90 Å². The van der Waals surface area contributed by atoms with E-state index in [-0.39, 0.29) is 15.8 Å². The Kier molecular flexibility index (Phi) is 4.36. The van der Waals surface area contributed by atoms with Gasteiger partial charge in [-0.2, -0.15) is 0 Å². The number of nitrogens with zero attached hydrogens (tertiary/aromatic N) is 1. The maximum absolute atomic E-state index is 12.5. The van der Waals surface area contributed by atoms with Crippen LogP contribution in [-0.2, 0) is 10.0 Å². The summed E-state index contributed by atoms with van der Waals surface area (Å²) in [6.07, 6.45) is 3.04. The van der Waals surface area contributed by atoms with Gasteiger partial charge in [-0.05, 0) is 43.9 Å². The Morgan fingerprint density at radius 3 is 2.40 bits per heavy atom. The number of hydrogen-bond donors (Lipinski definition) is 1. The summed E-state index contributed by atoms with van der Waals surface area (Å²) in [7, 11) is -3.88. The molecule has 1 aliphatic rings. The van der Waals surface area contributed by atoms with Gasteiger partial charge in [0.2, 0.25) is 10.0 Å². The lowest BCUT2D eigenvalue weighted by Gasteiger charge is -2.27. The highest BCUT2D eigenvalue weighted by Crippen LogP contribution is 2.25. The highest BCUT2D eigenvalue weighted by atomic mass is 35.5. The van der Waals surface area contributed by atoms with Crippen LogP contribution in [0, 0.1) is 6.92 Å². The molecule has 0 saturated carbocycles. The molecule has 1 fully saturated rings. The van der Waals surface area contributed by atoms with Gasteiger partial charge >= 0.3 is 0 Å². The number of amides is 1. The number of nitrogens with two attached hydrogens (primary N) is 1. The summed E-state index contributed by atoms with van der Waals surface area (Å²) in [4.78, 5) is 14.1. The van der Waals surface area contributed by atoms with Crippen LogP contribution >= 0.6 is 11.6 Å². The Morgan fingerprint density at radius 2 is 1.85 bits per heavy atom. The summed E-state index contributed by atoms with van der Waals surface area (Å²) >= 11 is 6.02. The SMILES string of the molecule is Cc1c(Cl)cc(S(N)(=O)=O)cc1C(=O)N1CCCCC1. The number of hydrogen-bond acceptors (Lipinski definition) is 3. The zero-order valence-electron chi connectivity index (χ0n) is 11.2. The Balaban J connectivity index is 2.44. The molecule has 0 atom stereocenters. The maximum atomic E-state index is 12.5. The van der Waals surface area contributed by atoms with Gasteiger partial charge in [0.25, 0.3) is 5.91 Å². The van der Waals surface area contributed by atoms with E-state index in [0.29, 0.717) is 24.2 Å². The first-order valence-corrected chi connectivity index (χ1v) is 8.35. The molecule has 0 unspecified atom stereocenters. The molecule has 1 aromatic carbocycles. The molecule has 20 heavy (non-hydrogen) atoms. The molecule has 2 rings (SSSR count). The first kappa shape index (κ1) is 15.3. The third-order valence-corrected chi connectivity index (χ3v) is 4.81. The molecular formula is C13H17ClN2O3S. The minimum Gasteiger partial charge on any atom is -0.339 e. The van der Waals surface area contributed by atoms with Crippen LogP contribution in [0.5, 0.6) is 0 Å². The van der Waals surface area contributed by atoms with Gasteiger partial charge in [0, 0.05) is 23.7 Å². The van der Waals surface area contributed by atoms with Crippen LogP contribution in [0.25, 0.3) is 0 Å². The maximum Gasteiger partial charge on any atom is 0.254 e. The van der Waals surface area contributed by atoms with E-state index in [4.69, 9.17) is 16.7 Å². The Morgan fingerprint density at radius 1 is 1.25 bits per heavy atom. The standard InChI is InChI=1S/C13H17ClN2O3S/c1-9-11(13(17)16-5-3-2-4-6-16)7-10(8-12(9)14)20(15,18)19/h7-8H,2-6H2,1H3,(H2,15,18,19). The predicted octanol–water partition coefficient (Wildman–Crippen LogP) is 1.92. The van der Waals surface area contributed by atoms with Crippen molar-refractivity contribution in [1.82, 2.24) is 4.90 Å². The second-order valence-electron chi connectivity index (χ2n) is 4.98. The number of carbonyl (C=O) groups excluding carboxylic acids is 1. The summed E-state index contributed by atoms with van der Waals surface area (Å²) in [6, 6.07) is 2.59. The molecule has 2 N–H and O–H groups in total. The molecule has 0 bridgehead atoms. The van der Waals surface area contributed by atoms with Gasteiger partial charge in [0.1, 0.15) is 0 Å². The number of benzene rings is 1. The highest BCUT2D eigenvalue weighted by Gasteiger charge is 2.23. The van der Waals surface area contributed by atoms with E-state index < -0.39 is 10.0 Å².